The van der Waals surface area contributed by atoms with E-state index in [1.54, 1.807) is 12.1 Å². The molecule has 5 heteroatoms. The topological polar surface area (TPSA) is 63.6 Å². The third-order valence-electron chi connectivity index (χ3n) is 2.74. The molecular weight excluding hydrogens is 240 g/mol. The van der Waals surface area contributed by atoms with Gasteiger partial charge in [-0.3, -0.25) is 0 Å². The van der Waals surface area contributed by atoms with E-state index in [1.165, 1.54) is 13.2 Å². The Balaban J connectivity index is 3.38. The van der Waals surface area contributed by atoms with E-state index >= 15 is 0 Å². The molecule has 0 heterocycles. The van der Waals surface area contributed by atoms with Crippen LogP contribution in [0.25, 0.3) is 0 Å². The van der Waals surface area contributed by atoms with Gasteiger partial charge in [0.1, 0.15) is 10.6 Å². The van der Waals surface area contributed by atoms with Gasteiger partial charge in [-0.05, 0) is 17.7 Å². The second-order valence-corrected chi connectivity index (χ2v) is 6.66. The molecule has 4 nitrogen and oxygen atoms in total. The van der Waals surface area contributed by atoms with Crippen molar-refractivity contribution >= 4 is 9.84 Å². The maximum Gasteiger partial charge on any atom is 0.179 e. The van der Waals surface area contributed by atoms with E-state index < -0.39 is 15.3 Å². The summed E-state index contributed by atoms with van der Waals surface area (Å²) < 4.78 is 28.1. The highest BCUT2D eigenvalue weighted by Crippen LogP contribution is 2.30. The largest absolute Gasteiger partial charge is 0.495 e. The van der Waals surface area contributed by atoms with Crippen molar-refractivity contribution in [1.29, 1.82) is 0 Å². The number of rotatable bonds is 4. The highest BCUT2D eigenvalue weighted by Gasteiger charge is 2.22. The molecule has 0 spiro atoms. The van der Waals surface area contributed by atoms with Crippen LogP contribution in [0, 0.1) is 0 Å². The molecule has 0 atom stereocenters. The normalized spacial score (nSPS) is 12.5. The van der Waals surface area contributed by atoms with Crippen molar-refractivity contribution in [2.24, 2.45) is 0 Å². The Hall–Kier alpha value is -1.07. The zero-order valence-corrected chi connectivity index (χ0v) is 11.3. The number of hydrogen-bond acceptors (Lipinski definition) is 4. The lowest BCUT2D eigenvalue weighted by Crippen LogP contribution is -2.22. The van der Waals surface area contributed by atoms with Gasteiger partial charge in [-0.25, -0.2) is 8.42 Å². The average Bonchev–Trinajstić information content (AvgIpc) is 2.27. The first-order valence-corrected chi connectivity index (χ1v) is 7.11. The molecule has 0 aliphatic carbocycles. The molecule has 17 heavy (non-hydrogen) atoms. The van der Waals surface area contributed by atoms with Gasteiger partial charge < -0.3 is 9.84 Å². The first-order chi connectivity index (χ1) is 7.72. The molecular formula is C12H18O4S. The molecule has 0 aliphatic rings. The van der Waals surface area contributed by atoms with Crippen LogP contribution in [0.5, 0.6) is 5.75 Å². The van der Waals surface area contributed by atoms with Gasteiger partial charge in [-0.15, -0.1) is 0 Å². The molecule has 1 aromatic rings. The second-order valence-electron chi connectivity index (χ2n) is 4.68. The predicted molar refractivity (Wildman–Crippen MR) is 66.2 cm³/mol. The van der Waals surface area contributed by atoms with Crippen LogP contribution in [-0.4, -0.2) is 33.5 Å². The first kappa shape index (κ1) is 14.0. The van der Waals surface area contributed by atoms with Crippen LogP contribution in [0.3, 0.4) is 0 Å². The van der Waals surface area contributed by atoms with Gasteiger partial charge in [0.15, 0.2) is 9.84 Å². The van der Waals surface area contributed by atoms with Gasteiger partial charge in [0, 0.05) is 11.7 Å². The monoisotopic (exact) mass is 258 g/mol. The molecule has 0 saturated carbocycles. The molecule has 0 radical (unpaired) electrons. The van der Waals surface area contributed by atoms with Crippen LogP contribution in [0.2, 0.25) is 0 Å². The van der Waals surface area contributed by atoms with E-state index in [9.17, 15) is 13.5 Å². The van der Waals surface area contributed by atoms with Crippen LogP contribution >= 0.6 is 0 Å². The summed E-state index contributed by atoms with van der Waals surface area (Å²) in [6, 6.07) is 4.88. The summed E-state index contributed by atoms with van der Waals surface area (Å²) in [4.78, 5) is 0.164. The van der Waals surface area contributed by atoms with Crippen molar-refractivity contribution in [3.05, 3.63) is 23.8 Å². The number of ether oxygens (including phenoxy) is 1. The fourth-order valence-electron chi connectivity index (χ4n) is 1.49. The lowest BCUT2D eigenvalue weighted by molar-refractivity contribution is 0.218. The third kappa shape index (κ3) is 2.98. The smallest absolute Gasteiger partial charge is 0.179 e. The fraction of sp³-hybridized carbons (Fsp3) is 0.500. The Kier molecular flexibility index (Phi) is 3.84. The number of methoxy groups -OCH3 is 1. The summed E-state index contributed by atoms with van der Waals surface area (Å²) in [5, 5.41) is 9.28. The SMILES string of the molecule is COc1cc(C(C)(C)CO)ccc1S(C)(=O)=O. The Bertz CT molecular complexity index is 503. The van der Waals surface area contributed by atoms with Gasteiger partial charge in [-0.1, -0.05) is 19.9 Å². The number of aliphatic hydroxyl groups is 1. The van der Waals surface area contributed by atoms with Crippen LogP contribution in [-0.2, 0) is 15.3 Å². The highest BCUT2D eigenvalue weighted by atomic mass is 32.2. The molecule has 1 N–H and O–H groups in total. The van der Waals surface area contributed by atoms with E-state index in [0.29, 0.717) is 5.75 Å². The molecule has 0 amide bonds. The number of sulfone groups is 1. The molecule has 0 bridgehead atoms. The molecule has 0 unspecified atom stereocenters. The van der Waals surface area contributed by atoms with Gasteiger partial charge in [0.2, 0.25) is 0 Å². The minimum atomic E-state index is -3.30. The Morgan fingerprint density at radius 1 is 1.35 bits per heavy atom. The van der Waals surface area contributed by atoms with Crippen LogP contribution in [0.1, 0.15) is 19.4 Å². The molecule has 0 saturated heterocycles. The van der Waals surface area contributed by atoms with Crippen molar-refractivity contribution in [2.75, 3.05) is 20.0 Å². The standard InChI is InChI=1S/C12H18O4S/c1-12(2,8-13)9-5-6-11(17(4,14)15)10(7-9)16-3/h5-7,13H,8H2,1-4H3. The third-order valence-corrected chi connectivity index (χ3v) is 3.88. The summed E-state index contributed by atoms with van der Waals surface area (Å²) in [6.45, 7) is 3.73. The second kappa shape index (κ2) is 4.66. The number of aliphatic hydroxyl groups excluding tert-OH is 1. The van der Waals surface area contributed by atoms with Crippen LogP contribution < -0.4 is 4.74 Å². The predicted octanol–water partition coefficient (Wildman–Crippen LogP) is 1.37. The highest BCUT2D eigenvalue weighted by molar-refractivity contribution is 7.90. The van der Waals surface area contributed by atoms with Crippen molar-refractivity contribution in [3.8, 4) is 5.75 Å². The minimum absolute atomic E-state index is 0.0195. The van der Waals surface area contributed by atoms with Gasteiger partial charge >= 0.3 is 0 Å². The van der Waals surface area contributed by atoms with E-state index in [-0.39, 0.29) is 11.5 Å². The van der Waals surface area contributed by atoms with Gasteiger partial charge in [-0.2, -0.15) is 0 Å². The van der Waals surface area contributed by atoms with E-state index in [4.69, 9.17) is 4.74 Å². The van der Waals surface area contributed by atoms with Crippen molar-refractivity contribution in [3.63, 3.8) is 0 Å². The zero-order valence-electron chi connectivity index (χ0n) is 10.5. The van der Waals surface area contributed by atoms with Gasteiger partial charge in [0.25, 0.3) is 0 Å². The van der Waals surface area contributed by atoms with Crippen LogP contribution in [0.4, 0.5) is 0 Å². The maximum atomic E-state index is 11.5. The number of hydrogen-bond donors (Lipinski definition) is 1. The van der Waals surface area contributed by atoms with Crippen molar-refractivity contribution in [2.45, 2.75) is 24.2 Å². The Morgan fingerprint density at radius 3 is 2.35 bits per heavy atom. The number of benzene rings is 1. The van der Waals surface area contributed by atoms with E-state index in [2.05, 4.69) is 0 Å². The van der Waals surface area contributed by atoms with E-state index in [1.807, 2.05) is 13.8 Å². The maximum absolute atomic E-state index is 11.5. The van der Waals surface area contributed by atoms with E-state index in [0.717, 1.165) is 11.8 Å². The Morgan fingerprint density at radius 2 is 1.94 bits per heavy atom. The fourth-order valence-corrected chi connectivity index (χ4v) is 2.31. The molecule has 1 rings (SSSR count). The summed E-state index contributed by atoms with van der Waals surface area (Å²) in [6.07, 6.45) is 1.14. The molecule has 1 aromatic carbocycles. The average molecular weight is 258 g/mol. The lowest BCUT2D eigenvalue weighted by Gasteiger charge is -2.23. The van der Waals surface area contributed by atoms with Crippen molar-refractivity contribution < 1.29 is 18.3 Å². The molecule has 0 aliphatic heterocycles. The first-order valence-electron chi connectivity index (χ1n) is 5.22. The summed E-state index contributed by atoms with van der Waals surface area (Å²) >= 11 is 0. The molecule has 0 fully saturated rings. The minimum Gasteiger partial charge on any atom is -0.495 e. The van der Waals surface area contributed by atoms with Gasteiger partial charge in [0.05, 0.1) is 13.7 Å². The van der Waals surface area contributed by atoms with Crippen LogP contribution in [0.15, 0.2) is 23.1 Å². The summed E-state index contributed by atoms with van der Waals surface area (Å²) in [5.41, 5.74) is 0.410. The Labute approximate surface area is 102 Å². The lowest BCUT2D eigenvalue weighted by atomic mass is 9.85. The zero-order chi connectivity index (χ0) is 13.3. The molecule has 0 aromatic heterocycles. The summed E-state index contributed by atoms with van der Waals surface area (Å²) in [5.74, 6) is 0.312. The van der Waals surface area contributed by atoms with Crippen molar-refractivity contribution in [1.82, 2.24) is 0 Å². The molecule has 96 valence electrons. The quantitative estimate of drug-likeness (QED) is 0.886. The summed E-state index contributed by atoms with van der Waals surface area (Å²) in [7, 11) is -1.87.